The lowest BCUT2D eigenvalue weighted by Crippen LogP contribution is -2.39. The Bertz CT molecular complexity index is 582. The second kappa shape index (κ2) is 9.86. The molecule has 0 radical (unpaired) electrons. The van der Waals surface area contributed by atoms with Gasteiger partial charge in [0.2, 0.25) is 10.0 Å². The molecule has 0 aromatic heterocycles. The normalized spacial score (nSPS) is 12.2. The number of unbranched alkanes of at least 4 members (excludes halogenated alkanes) is 2. The van der Waals surface area contributed by atoms with Crippen molar-refractivity contribution in [3.8, 4) is 5.75 Å². The van der Waals surface area contributed by atoms with E-state index in [1.54, 1.807) is 27.9 Å². The summed E-state index contributed by atoms with van der Waals surface area (Å²) in [6.45, 7) is 6.64. The van der Waals surface area contributed by atoms with Crippen LogP contribution in [-0.4, -0.2) is 40.2 Å². The number of methoxy groups -OCH3 is 1. The fourth-order valence-electron chi connectivity index (χ4n) is 1.91. The average Bonchev–Trinajstić information content (AvgIpc) is 2.51. The van der Waals surface area contributed by atoms with Crippen molar-refractivity contribution in [2.75, 3.05) is 32.3 Å². The minimum Gasteiger partial charge on any atom is -0.467 e. The Kier molecular flexibility index (Phi) is 8.52. The Morgan fingerprint density at radius 3 is 2.46 bits per heavy atom. The van der Waals surface area contributed by atoms with Crippen LogP contribution in [0, 0.1) is 0 Å². The molecule has 1 rings (SSSR count). The van der Waals surface area contributed by atoms with Crippen molar-refractivity contribution in [3.05, 3.63) is 24.3 Å². The highest BCUT2D eigenvalue weighted by atomic mass is 32.2. The van der Waals surface area contributed by atoms with Gasteiger partial charge in [0.25, 0.3) is 0 Å². The fourth-order valence-corrected chi connectivity index (χ4v) is 2.75. The maximum Gasteiger partial charge on any atom is 0.216 e. The highest BCUT2D eigenvalue weighted by Gasteiger charge is 2.27. The zero-order valence-corrected chi connectivity index (χ0v) is 15.9. The molecule has 0 saturated carbocycles. The van der Waals surface area contributed by atoms with Crippen molar-refractivity contribution in [1.82, 2.24) is 4.72 Å². The number of hydrogen-bond acceptors (Lipinski definition) is 5. The molecular weight excluding hydrogens is 328 g/mol. The maximum absolute atomic E-state index is 11.9. The number of rotatable bonds is 11. The van der Waals surface area contributed by atoms with Crippen molar-refractivity contribution in [1.29, 1.82) is 0 Å². The Morgan fingerprint density at radius 1 is 1.08 bits per heavy atom. The quantitative estimate of drug-likeness (QED) is 0.470. The summed E-state index contributed by atoms with van der Waals surface area (Å²) in [4.78, 5) is 0. The Morgan fingerprint density at radius 2 is 1.79 bits per heavy atom. The van der Waals surface area contributed by atoms with Crippen LogP contribution < -0.4 is 14.8 Å². The first kappa shape index (κ1) is 20.7. The third-order valence-electron chi connectivity index (χ3n) is 3.46. The summed E-state index contributed by atoms with van der Waals surface area (Å²) in [5.74, 6) is 0.762. The van der Waals surface area contributed by atoms with Gasteiger partial charge in [-0.2, -0.15) is 0 Å². The molecule has 0 amide bonds. The van der Waals surface area contributed by atoms with Crippen molar-refractivity contribution in [2.24, 2.45) is 0 Å². The highest BCUT2D eigenvalue weighted by Crippen LogP contribution is 2.17. The number of sulfonamides is 1. The summed E-state index contributed by atoms with van der Waals surface area (Å²) in [7, 11) is -1.65. The summed E-state index contributed by atoms with van der Waals surface area (Å²) in [6.07, 6.45) is 2.76. The van der Waals surface area contributed by atoms with Gasteiger partial charge in [-0.05, 0) is 45.7 Å². The highest BCUT2D eigenvalue weighted by molar-refractivity contribution is 7.90. The van der Waals surface area contributed by atoms with E-state index in [1.165, 1.54) is 0 Å². The van der Waals surface area contributed by atoms with Gasteiger partial charge in [-0.15, -0.1) is 0 Å². The van der Waals surface area contributed by atoms with E-state index in [4.69, 9.17) is 9.47 Å². The van der Waals surface area contributed by atoms with Gasteiger partial charge in [-0.3, -0.25) is 0 Å². The molecule has 1 aromatic carbocycles. The van der Waals surface area contributed by atoms with Gasteiger partial charge in [-0.25, -0.2) is 13.1 Å². The van der Waals surface area contributed by atoms with Gasteiger partial charge in [-0.1, -0.05) is 12.5 Å². The Balaban J connectivity index is 2.19. The average molecular weight is 359 g/mol. The van der Waals surface area contributed by atoms with Gasteiger partial charge in [0, 0.05) is 32.0 Å². The van der Waals surface area contributed by atoms with Crippen molar-refractivity contribution >= 4 is 15.7 Å². The summed E-state index contributed by atoms with van der Waals surface area (Å²) < 4.78 is 35.9. The molecule has 0 aliphatic carbocycles. The van der Waals surface area contributed by atoms with Crippen LogP contribution >= 0.6 is 0 Å². The van der Waals surface area contributed by atoms with E-state index in [-0.39, 0.29) is 6.79 Å². The topological polar surface area (TPSA) is 76.7 Å². The van der Waals surface area contributed by atoms with Crippen LogP contribution in [0.15, 0.2) is 24.3 Å². The van der Waals surface area contributed by atoms with Gasteiger partial charge < -0.3 is 14.8 Å². The zero-order valence-electron chi connectivity index (χ0n) is 15.1. The monoisotopic (exact) mass is 358 g/mol. The van der Waals surface area contributed by atoms with Gasteiger partial charge >= 0.3 is 0 Å². The standard InChI is InChI=1S/C17H30N2O4S/c1-17(2,3)24(20,21)19-12-7-5-6-11-18-15-9-8-10-16(13-15)23-14-22-4/h8-10,13,18-19H,5-7,11-12,14H2,1-4H3. The van der Waals surface area contributed by atoms with E-state index in [0.29, 0.717) is 6.54 Å². The Labute approximate surface area is 146 Å². The zero-order chi connectivity index (χ0) is 18.1. The van der Waals surface area contributed by atoms with E-state index in [0.717, 1.165) is 37.2 Å². The van der Waals surface area contributed by atoms with Crippen molar-refractivity contribution < 1.29 is 17.9 Å². The number of anilines is 1. The maximum atomic E-state index is 11.9. The van der Waals surface area contributed by atoms with Gasteiger partial charge in [0.05, 0.1) is 4.75 Å². The largest absolute Gasteiger partial charge is 0.467 e. The van der Waals surface area contributed by atoms with E-state index in [1.807, 2.05) is 24.3 Å². The van der Waals surface area contributed by atoms with Gasteiger partial charge in [0.1, 0.15) is 5.75 Å². The lowest BCUT2D eigenvalue weighted by molar-refractivity contribution is 0.0512. The fraction of sp³-hybridized carbons (Fsp3) is 0.647. The summed E-state index contributed by atoms with van der Waals surface area (Å²) in [6, 6.07) is 7.72. The molecule has 7 heteroatoms. The Hall–Kier alpha value is -1.31. The third-order valence-corrected chi connectivity index (χ3v) is 5.65. The molecule has 0 aliphatic heterocycles. The number of hydrogen-bond donors (Lipinski definition) is 2. The second-order valence-electron chi connectivity index (χ2n) is 6.58. The smallest absolute Gasteiger partial charge is 0.216 e. The van der Waals surface area contributed by atoms with E-state index in [2.05, 4.69) is 10.0 Å². The van der Waals surface area contributed by atoms with Gasteiger partial charge in [0.15, 0.2) is 6.79 Å². The van der Waals surface area contributed by atoms with Crippen LogP contribution in [-0.2, 0) is 14.8 Å². The molecule has 0 saturated heterocycles. The molecule has 6 nitrogen and oxygen atoms in total. The number of nitrogens with one attached hydrogen (secondary N) is 2. The molecule has 1 aromatic rings. The molecular formula is C17H30N2O4S. The third kappa shape index (κ3) is 7.51. The van der Waals surface area contributed by atoms with Crippen LogP contribution in [0.4, 0.5) is 5.69 Å². The number of benzene rings is 1. The predicted octanol–water partition coefficient (Wildman–Crippen LogP) is 2.97. The lowest BCUT2D eigenvalue weighted by Gasteiger charge is -2.19. The molecule has 0 spiro atoms. The first-order valence-electron chi connectivity index (χ1n) is 8.21. The molecule has 0 heterocycles. The molecule has 0 aliphatic rings. The molecule has 138 valence electrons. The van der Waals surface area contributed by atoms with Crippen molar-refractivity contribution in [2.45, 2.75) is 44.8 Å². The van der Waals surface area contributed by atoms with E-state index >= 15 is 0 Å². The lowest BCUT2D eigenvalue weighted by atomic mass is 10.2. The molecule has 0 fully saturated rings. The number of ether oxygens (including phenoxy) is 2. The first-order valence-corrected chi connectivity index (χ1v) is 9.69. The first-order chi connectivity index (χ1) is 11.3. The SMILES string of the molecule is COCOc1cccc(NCCCCCNS(=O)(=O)C(C)(C)C)c1. The van der Waals surface area contributed by atoms with E-state index < -0.39 is 14.8 Å². The van der Waals surface area contributed by atoms with Crippen LogP contribution in [0.25, 0.3) is 0 Å². The van der Waals surface area contributed by atoms with Crippen LogP contribution in [0.2, 0.25) is 0 Å². The summed E-state index contributed by atoms with van der Waals surface area (Å²) in [5, 5.41) is 3.33. The minimum absolute atomic E-state index is 0.230. The second-order valence-corrected chi connectivity index (χ2v) is 9.10. The molecule has 0 bridgehead atoms. The minimum atomic E-state index is -3.24. The van der Waals surface area contributed by atoms with Crippen LogP contribution in [0.5, 0.6) is 5.75 Å². The van der Waals surface area contributed by atoms with E-state index in [9.17, 15) is 8.42 Å². The van der Waals surface area contributed by atoms with Crippen LogP contribution in [0.1, 0.15) is 40.0 Å². The predicted molar refractivity (Wildman–Crippen MR) is 98.0 cm³/mol. The summed E-state index contributed by atoms with van der Waals surface area (Å²) >= 11 is 0. The van der Waals surface area contributed by atoms with Crippen LogP contribution in [0.3, 0.4) is 0 Å². The summed E-state index contributed by atoms with van der Waals surface area (Å²) in [5.41, 5.74) is 0.997. The molecule has 0 unspecified atom stereocenters. The molecule has 24 heavy (non-hydrogen) atoms. The molecule has 0 atom stereocenters. The van der Waals surface area contributed by atoms with Crippen molar-refractivity contribution in [3.63, 3.8) is 0 Å². The molecule has 2 N–H and O–H groups in total.